The average molecular weight is 225 g/mol. The molecule has 0 spiro atoms. The Morgan fingerprint density at radius 3 is 2.81 bits per heavy atom. The predicted octanol–water partition coefficient (Wildman–Crippen LogP) is 1.84. The van der Waals surface area contributed by atoms with Gasteiger partial charge in [-0.2, -0.15) is 0 Å². The number of hydrogen-bond donors (Lipinski definition) is 1. The Bertz CT molecular complexity index is 296. The van der Waals surface area contributed by atoms with Crippen LogP contribution in [0.25, 0.3) is 0 Å². The largest absolute Gasteiger partial charge is 0.380 e. The van der Waals surface area contributed by atoms with E-state index >= 15 is 0 Å². The van der Waals surface area contributed by atoms with E-state index in [1.807, 2.05) is 26.5 Å². The quantitative estimate of drug-likeness (QED) is 0.769. The van der Waals surface area contributed by atoms with Gasteiger partial charge in [0.05, 0.1) is 24.7 Å². The first kappa shape index (κ1) is 13.2. The van der Waals surface area contributed by atoms with E-state index in [4.69, 9.17) is 4.74 Å². The van der Waals surface area contributed by atoms with Gasteiger partial charge in [0.15, 0.2) is 0 Å². The molecule has 0 aliphatic heterocycles. The zero-order chi connectivity index (χ0) is 12.0. The molecule has 1 aromatic rings. The topological polar surface area (TPSA) is 39.1 Å². The Hall–Kier alpha value is -0.870. The Morgan fingerprint density at radius 1 is 1.50 bits per heavy atom. The molecule has 92 valence electrons. The van der Waals surface area contributed by atoms with Crippen LogP contribution < -0.4 is 5.32 Å². The molecule has 1 unspecified atom stereocenters. The average Bonchev–Trinajstić information content (AvgIpc) is 2.67. The first-order chi connectivity index (χ1) is 7.70. The van der Waals surface area contributed by atoms with Crippen LogP contribution in [0, 0.1) is 5.92 Å². The highest BCUT2D eigenvalue weighted by atomic mass is 16.5. The summed E-state index contributed by atoms with van der Waals surface area (Å²) < 4.78 is 7.76. The van der Waals surface area contributed by atoms with E-state index in [1.165, 1.54) is 5.69 Å². The van der Waals surface area contributed by atoms with E-state index in [1.54, 1.807) is 0 Å². The van der Waals surface area contributed by atoms with Crippen molar-refractivity contribution in [2.24, 2.45) is 5.92 Å². The number of rotatable bonds is 7. The van der Waals surface area contributed by atoms with Gasteiger partial charge in [-0.1, -0.05) is 13.8 Å². The summed E-state index contributed by atoms with van der Waals surface area (Å²) in [6.07, 6.45) is 3.81. The van der Waals surface area contributed by atoms with Crippen LogP contribution in [0.15, 0.2) is 12.5 Å². The highest BCUT2D eigenvalue weighted by Gasteiger charge is 2.17. The Labute approximate surface area is 98.0 Å². The molecule has 0 fully saturated rings. The third-order valence-corrected chi connectivity index (χ3v) is 2.72. The second-order valence-electron chi connectivity index (χ2n) is 4.29. The van der Waals surface area contributed by atoms with Crippen molar-refractivity contribution in [3.63, 3.8) is 0 Å². The summed E-state index contributed by atoms with van der Waals surface area (Å²) in [5.41, 5.74) is 1.21. The van der Waals surface area contributed by atoms with Gasteiger partial charge in [0.2, 0.25) is 0 Å². The van der Waals surface area contributed by atoms with Crippen molar-refractivity contribution in [1.82, 2.24) is 14.9 Å². The molecular formula is C12H23N3O. The summed E-state index contributed by atoms with van der Waals surface area (Å²) in [5.74, 6) is 0.538. The summed E-state index contributed by atoms with van der Waals surface area (Å²) in [6.45, 7) is 8.81. The number of aromatic nitrogens is 2. The van der Waals surface area contributed by atoms with E-state index < -0.39 is 0 Å². The minimum absolute atomic E-state index is 0.366. The Kier molecular flexibility index (Phi) is 5.49. The molecule has 1 aromatic heterocycles. The molecule has 1 rings (SSSR count). The number of hydrogen-bond acceptors (Lipinski definition) is 3. The fourth-order valence-corrected chi connectivity index (χ4v) is 1.78. The lowest BCUT2D eigenvalue weighted by atomic mass is 10.0. The Balaban J connectivity index is 2.78. The molecule has 0 radical (unpaired) electrons. The van der Waals surface area contributed by atoms with E-state index in [0.29, 0.717) is 12.0 Å². The van der Waals surface area contributed by atoms with E-state index in [2.05, 4.69) is 28.7 Å². The molecule has 0 saturated heterocycles. The molecule has 0 aliphatic carbocycles. The van der Waals surface area contributed by atoms with Crippen molar-refractivity contribution in [3.05, 3.63) is 18.2 Å². The normalized spacial score (nSPS) is 13.3. The standard InChI is InChI=1S/C12H23N3O/c1-5-16-8-12(10(2)3)15-9-14-7-11(15)6-13-4/h7,9-10,12-13H,5-6,8H2,1-4H3. The van der Waals surface area contributed by atoms with Gasteiger partial charge in [-0.25, -0.2) is 4.98 Å². The van der Waals surface area contributed by atoms with Crippen LogP contribution in [0.2, 0.25) is 0 Å². The van der Waals surface area contributed by atoms with Gasteiger partial charge >= 0.3 is 0 Å². The number of ether oxygens (including phenoxy) is 1. The molecule has 0 aliphatic rings. The van der Waals surface area contributed by atoms with Gasteiger partial charge in [0.1, 0.15) is 0 Å². The van der Waals surface area contributed by atoms with Crippen LogP contribution in [0.3, 0.4) is 0 Å². The van der Waals surface area contributed by atoms with Gasteiger partial charge in [-0.3, -0.25) is 0 Å². The zero-order valence-corrected chi connectivity index (χ0v) is 10.7. The van der Waals surface area contributed by atoms with E-state index in [9.17, 15) is 0 Å². The van der Waals surface area contributed by atoms with Gasteiger partial charge in [0.25, 0.3) is 0 Å². The Morgan fingerprint density at radius 2 is 2.25 bits per heavy atom. The summed E-state index contributed by atoms with van der Waals surface area (Å²) in [6, 6.07) is 0.366. The van der Waals surface area contributed by atoms with Crippen LogP contribution in [0.5, 0.6) is 0 Å². The molecule has 1 N–H and O–H groups in total. The van der Waals surface area contributed by atoms with Gasteiger partial charge in [0, 0.05) is 19.3 Å². The second kappa shape index (κ2) is 6.66. The zero-order valence-electron chi connectivity index (χ0n) is 10.7. The van der Waals surface area contributed by atoms with Crippen LogP contribution in [-0.2, 0) is 11.3 Å². The third kappa shape index (κ3) is 3.32. The van der Waals surface area contributed by atoms with Gasteiger partial charge < -0.3 is 14.6 Å². The molecule has 4 heteroatoms. The van der Waals surface area contributed by atoms with Crippen molar-refractivity contribution in [3.8, 4) is 0 Å². The van der Waals surface area contributed by atoms with E-state index in [0.717, 1.165) is 19.8 Å². The lowest BCUT2D eigenvalue weighted by Crippen LogP contribution is -2.23. The van der Waals surface area contributed by atoms with Crippen molar-refractivity contribution >= 4 is 0 Å². The first-order valence-corrected chi connectivity index (χ1v) is 5.93. The lowest BCUT2D eigenvalue weighted by molar-refractivity contribution is 0.0952. The monoisotopic (exact) mass is 225 g/mol. The predicted molar refractivity (Wildman–Crippen MR) is 65.4 cm³/mol. The molecule has 0 aromatic carbocycles. The number of imidazole rings is 1. The third-order valence-electron chi connectivity index (χ3n) is 2.72. The SMILES string of the molecule is CCOCC(C(C)C)n1cncc1CNC. The molecule has 4 nitrogen and oxygen atoms in total. The summed E-state index contributed by atoms with van der Waals surface area (Å²) >= 11 is 0. The fourth-order valence-electron chi connectivity index (χ4n) is 1.78. The molecular weight excluding hydrogens is 202 g/mol. The maximum atomic E-state index is 5.54. The number of nitrogens with zero attached hydrogens (tertiary/aromatic N) is 2. The maximum Gasteiger partial charge on any atom is 0.0952 e. The lowest BCUT2D eigenvalue weighted by Gasteiger charge is -2.24. The van der Waals surface area contributed by atoms with Crippen LogP contribution in [-0.4, -0.2) is 29.8 Å². The minimum Gasteiger partial charge on any atom is -0.380 e. The van der Waals surface area contributed by atoms with Crippen LogP contribution >= 0.6 is 0 Å². The summed E-state index contributed by atoms with van der Waals surface area (Å²) in [7, 11) is 1.95. The maximum absolute atomic E-state index is 5.54. The molecule has 1 atom stereocenters. The van der Waals surface area contributed by atoms with Crippen molar-refractivity contribution in [2.75, 3.05) is 20.3 Å². The molecule has 16 heavy (non-hydrogen) atoms. The van der Waals surface area contributed by atoms with Crippen LogP contribution in [0.1, 0.15) is 32.5 Å². The molecule has 0 bridgehead atoms. The first-order valence-electron chi connectivity index (χ1n) is 5.93. The second-order valence-corrected chi connectivity index (χ2v) is 4.29. The fraction of sp³-hybridized carbons (Fsp3) is 0.750. The van der Waals surface area contributed by atoms with Gasteiger partial charge in [-0.05, 0) is 19.9 Å². The van der Waals surface area contributed by atoms with Crippen molar-refractivity contribution in [1.29, 1.82) is 0 Å². The summed E-state index contributed by atoms with van der Waals surface area (Å²) in [4.78, 5) is 4.22. The van der Waals surface area contributed by atoms with E-state index in [-0.39, 0.29) is 0 Å². The smallest absolute Gasteiger partial charge is 0.0952 e. The van der Waals surface area contributed by atoms with Crippen LogP contribution in [0.4, 0.5) is 0 Å². The van der Waals surface area contributed by atoms with Crippen molar-refractivity contribution in [2.45, 2.75) is 33.4 Å². The minimum atomic E-state index is 0.366. The number of nitrogens with one attached hydrogen (secondary N) is 1. The summed E-state index contributed by atoms with van der Waals surface area (Å²) in [5, 5.41) is 3.16. The highest BCUT2D eigenvalue weighted by molar-refractivity contribution is 5.00. The highest BCUT2D eigenvalue weighted by Crippen LogP contribution is 2.20. The van der Waals surface area contributed by atoms with Gasteiger partial charge in [-0.15, -0.1) is 0 Å². The molecule has 1 heterocycles. The molecule has 0 amide bonds. The van der Waals surface area contributed by atoms with Crippen molar-refractivity contribution < 1.29 is 4.74 Å². The molecule has 0 saturated carbocycles.